The molecular formula is C10H17N5O. The van der Waals surface area contributed by atoms with Gasteiger partial charge >= 0.3 is 0 Å². The fourth-order valence-corrected chi connectivity index (χ4v) is 1.96. The topological polar surface area (TPSA) is 77.0 Å². The highest BCUT2D eigenvalue weighted by atomic mass is 16.2. The molecule has 1 aliphatic heterocycles. The molecule has 1 saturated heterocycles. The van der Waals surface area contributed by atoms with E-state index in [1.165, 1.54) is 0 Å². The first-order valence-corrected chi connectivity index (χ1v) is 5.56. The van der Waals surface area contributed by atoms with Crippen molar-refractivity contribution in [2.75, 3.05) is 18.0 Å². The average molecular weight is 223 g/mol. The maximum absolute atomic E-state index is 11.7. The van der Waals surface area contributed by atoms with Gasteiger partial charge in [-0.25, -0.2) is 0 Å². The number of carbonyl (C=O) groups is 1. The third kappa shape index (κ3) is 1.80. The van der Waals surface area contributed by atoms with Crippen LogP contribution in [-0.2, 0) is 18.3 Å². The fraction of sp³-hybridized carbons (Fsp3) is 0.700. The van der Waals surface area contributed by atoms with Gasteiger partial charge in [0.2, 0.25) is 5.91 Å². The van der Waals surface area contributed by atoms with Crippen LogP contribution in [0.5, 0.6) is 0 Å². The Hall–Kier alpha value is -1.43. The van der Waals surface area contributed by atoms with Crippen molar-refractivity contribution in [3.8, 4) is 0 Å². The molecule has 0 aromatic carbocycles. The number of hydrogen-bond acceptors (Lipinski definition) is 4. The Balaban J connectivity index is 2.21. The molecule has 1 fully saturated rings. The Bertz CT molecular complexity index is 400. The second kappa shape index (κ2) is 4.21. The summed E-state index contributed by atoms with van der Waals surface area (Å²) >= 11 is 0. The molecule has 0 radical (unpaired) electrons. The molecule has 2 N–H and O–H groups in total. The van der Waals surface area contributed by atoms with Crippen LogP contribution in [0.1, 0.15) is 19.2 Å². The zero-order chi connectivity index (χ0) is 11.7. The van der Waals surface area contributed by atoms with Gasteiger partial charge in [0.1, 0.15) is 5.82 Å². The Morgan fingerprint density at radius 3 is 2.81 bits per heavy atom. The summed E-state index contributed by atoms with van der Waals surface area (Å²) in [5, 5.41) is 4.25. The van der Waals surface area contributed by atoms with E-state index in [2.05, 4.69) is 10.1 Å². The van der Waals surface area contributed by atoms with E-state index < -0.39 is 0 Å². The van der Waals surface area contributed by atoms with Crippen LogP contribution in [0.15, 0.2) is 0 Å². The number of anilines is 1. The minimum absolute atomic E-state index is 0.0729. The summed E-state index contributed by atoms with van der Waals surface area (Å²) < 4.78 is 1.72. The third-order valence-corrected chi connectivity index (χ3v) is 2.94. The Labute approximate surface area is 94.4 Å². The van der Waals surface area contributed by atoms with Gasteiger partial charge in [0.25, 0.3) is 5.95 Å². The smallest absolute Gasteiger partial charge is 0.251 e. The van der Waals surface area contributed by atoms with Gasteiger partial charge in [0.15, 0.2) is 0 Å². The van der Waals surface area contributed by atoms with E-state index in [9.17, 15) is 4.79 Å². The van der Waals surface area contributed by atoms with Gasteiger partial charge in [0, 0.05) is 26.4 Å². The van der Waals surface area contributed by atoms with Gasteiger partial charge in [-0.2, -0.15) is 4.98 Å². The Kier molecular flexibility index (Phi) is 2.91. The van der Waals surface area contributed by atoms with Crippen molar-refractivity contribution in [3.63, 3.8) is 0 Å². The van der Waals surface area contributed by atoms with Gasteiger partial charge in [-0.05, 0) is 12.5 Å². The molecular weight excluding hydrogens is 206 g/mol. The molecule has 1 aliphatic rings. The summed E-state index contributed by atoms with van der Waals surface area (Å²) in [6.45, 7) is 3.19. The van der Waals surface area contributed by atoms with Crippen LogP contribution >= 0.6 is 0 Å². The molecule has 2 rings (SSSR count). The van der Waals surface area contributed by atoms with Crippen LogP contribution in [0.25, 0.3) is 0 Å². The van der Waals surface area contributed by atoms with Gasteiger partial charge < -0.3 is 5.73 Å². The van der Waals surface area contributed by atoms with E-state index in [-0.39, 0.29) is 11.8 Å². The molecule has 6 heteroatoms. The first-order valence-electron chi connectivity index (χ1n) is 5.56. The van der Waals surface area contributed by atoms with Crippen molar-refractivity contribution in [1.82, 2.24) is 14.8 Å². The number of hydrogen-bond donors (Lipinski definition) is 1. The normalized spacial score (nSPS) is 20.8. The number of rotatable bonds is 3. The lowest BCUT2D eigenvalue weighted by molar-refractivity contribution is -0.117. The summed E-state index contributed by atoms with van der Waals surface area (Å²) in [7, 11) is 1.84. The van der Waals surface area contributed by atoms with Crippen LogP contribution < -0.4 is 10.6 Å². The third-order valence-electron chi connectivity index (χ3n) is 2.94. The standard InChI is InChI=1S/C10H17N5O/c1-3-8-12-10(13-14(8)2)15-6-7(5-11)4-9(15)16/h7H,3-6,11H2,1-2H3. The SMILES string of the molecule is CCc1nc(N2CC(CN)CC2=O)nn1C. The summed E-state index contributed by atoms with van der Waals surface area (Å²) in [5.41, 5.74) is 5.57. The second-order valence-electron chi connectivity index (χ2n) is 4.12. The Morgan fingerprint density at radius 1 is 1.56 bits per heavy atom. The molecule has 1 aromatic rings. The molecule has 0 spiro atoms. The lowest BCUT2D eigenvalue weighted by Crippen LogP contribution is -2.27. The number of nitrogens with two attached hydrogens (primary N) is 1. The Morgan fingerprint density at radius 2 is 2.31 bits per heavy atom. The number of nitrogens with zero attached hydrogens (tertiary/aromatic N) is 4. The highest BCUT2D eigenvalue weighted by Crippen LogP contribution is 2.21. The van der Waals surface area contributed by atoms with Crippen molar-refractivity contribution in [3.05, 3.63) is 5.82 Å². The molecule has 0 saturated carbocycles. The van der Waals surface area contributed by atoms with Crippen molar-refractivity contribution >= 4 is 11.9 Å². The van der Waals surface area contributed by atoms with Crippen LogP contribution in [0.2, 0.25) is 0 Å². The first-order chi connectivity index (χ1) is 7.65. The van der Waals surface area contributed by atoms with Crippen molar-refractivity contribution in [2.24, 2.45) is 18.7 Å². The van der Waals surface area contributed by atoms with Gasteiger partial charge in [-0.3, -0.25) is 14.4 Å². The molecule has 0 bridgehead atoms. The average Bonchev–Trinajstić information content (AvgIpc) is 2.81. The number of aryl methyl sites for hydroxylation is 2. The lowest BCUT2D eigenvalue weighted by Gasteiger charge is -2.10. The van der Waals surface area contributed by atoms with Crippen LogP contribution in [0.4, 0.5) is 5.95 Å². The summed E-state index contributed by atoms with van der Waals surface area (Å²) in [5.74, 6) is 1.71. The highest BCUT2D eigenvalue weighted by molar-refractivity contribution is 5.94. The molecule has 16 heavy (non-hydrogen) atoms. The minimum Gasteiger partial charge on any atom is -0.330 e. The number of carbonyl (C=O) groups excluding carboxylic acids is 1. The monoisotopic (exact) mass is 223 g/mol. The molecule has 2 heterocycles. The summed E-state index contributed by atoms with van der Waals surface area (Å²) in [6.07, 6.45) is 1.32. The van der Waals surface area contributed by atoms with E-state index in [1.807, 2.05) is 14.0 Å². The van der Waals surface area contributed by atoms with E-state index >= 15 is 0 Å². The molecule has 1 aromatic heterocycles. The van der Waals surface area contributed by atoms with Crippen LogP contribution in [0.3, 0.4) is 0 Å². The van der Waals surface area contributed by atoms with Crippen molar-refractivity contribution < 1.29 is 4.79 Å². The molecule has 6 nitrogen and oxygen atoms in total. The van der Waals surface area contributed by atoms with Crippen LogP contribution in [0, 0.1) is 5.92 Å². The molecule has 88 valence electrons. The maximum atomic E-state index is 11.7. The van der Waals surface area contributed by atoms with E-state index in [0.29, 0.717) is 25.5 Å². The molecule has 1 atom stereocenters. The lowest BCUT2D eigenvalue weighted by atomic mass is 10.1. The number of amides is 1. The summed E-state index contributed by atoms with van der Waals surface area (Å²) in [4.78, 5) is 17.7. The van der Waals surface area contributed by atoms with Gasteiger partial charge in [-0.15, -0.1) is 5.10 Å². The summed E-state index contributed by atoms with van der Waals surface area (Å²) in [6, 6.07) is 0. The van der Waals surface area contributed by atoms with E-state index in [1.54, 1.807) is 9.58 Å². The molecule has 1 amide bonds. The predicted molar refractivity (Wildman–Crippen MR) is 59.9 cm³/mol. The van der Waals surface area contributed by atoms with Crippen molar-refractivity contribution in [1.29, 1.82) is 0 Å². The second-order valence-corrected chi connectivity index (χ2v) is 4.12. The van der Waals surface area contributed by atoms with E-state index in [0.717, 1.165) is 12.2 Å². The first kappa shape index (κ1) is 11.1. The zero-order valence-electron chi connectivity index (χ0n) is 9.68. The zero-order valence-corrected chi connectivity index (χ0v) is 9.68. The maximum Gasteiger partial charge on any atom is 0.251 e. The fourth-order valence-electron chi connectivity index (χ4n) is 1.96. The van der Waals surface area contributed by atoms with Gasteiger partial charge in [-0.1, -0.05) is 6.92 Å². The van der Waals surface area contributed by atoms with E-state index in [4.69, 9.17) is 5.73 Å². The van der Waals surface area contributed by atoms with Crippen molar-refractivity contribution in [2.45, 2.75) is 19.8 Å². The quantitative estimate of drug-likeness (QED) is 0.762. The molecule has 1 unspecified atom stereocenters. The minimum atomic E-state index is 0.0729. The highest BCUT2D eigenvalue weighted by Gasteiger charge is 2.32. The van der Waals surface area contributed by atoms with Crippen LogP contribution in [-0.4, -0.2) is 33.8 Å². The predicted octanol–water partition coefficient (Wildman–Crippen LogP) is -0.311. The molecule has 0 aliphatic carbocycles. The van der Waals surface area contributed by atoms with Gasteiger partial charge in [0.05, 0.1) is 0 Å². The number of aromatic nitrogens is 3. The largest absolute Gasteiger partial charge is 0.330 e.